The molecule has 1 saturated heterocycles. The molecule has 7 amide bonds. The standard InChI is InChI=1S/C51H77BrN14O11S/c1-33(67)5-15-41(49(75)76)61-50(77)60-40(48(73)74)4-2-3-17-66(27-36-10-16-42(52)57-26-36)47(72)37-11-6-35(7-12-37)25-58-51(78)59-38-13-8-34(9-14-38)24-39-28-64(31-45(55)70)21-20-62(29-43(53)68)18-19-63(30-44(54)69)22-23-65(39)32-46(56)71/h8-10,13-14,16,26,35,37,39-41H,2-7,11-12,15,17-25,27-32H2,1H3,(H2,53,68)(H2,54,69)(H2,55,70)(H2,56,71)(H,73,74)(H,75,76)(H2,58,59,78)(H2,60,61,77)/t35?,37?,39?,40-,41-/m1/s1. The quantitative estimate of drug-likeness (QED) is 0.0299. The lowest BCUT2D eigenvalue weighted by molar-refractivity contribution is -0.140. The summed E-state index contributed by atoms with van der Waals surface area (Å²) in [5, 5.41) is 30.8. The number of nitrogens with one attached hydrogen (secondary N) is 4. The number of Topliss-reactive ketones (excluding diaryl/α,β-unsaturated/α-hetero) is 1. The average Bonchev–Trinajstić information content (AvgIpc) is 3.37. The van der Waals surface area contributed by atoms with Crippen molar-refractivity contribution in [3.63, 3.8) is 0 Å². The van der Waals surface area contributed by atoms with Crippen LogP contribution in [0.4, 0.5) is 10.5 Å². The van der Waals surface area contributed by atoms with Crippen LogP contribution in [0.1, 0.15) is 75.8 Å². The first-order valence-electron chi connectivity index (χ1n) is 26.1. The van der Waals surface area contributed by atoms with E-state index in [-0.39, 0.29) is 75.0 Å². The van der Waals surface area contributed by atoms with Gasteiger partial charge in [-0.05, 0) is 128 Å². The van der Waals surface area contributed by atoms with Gasteiger partial charge in [-0.1, -0.05) is 18.2 Å². The van der Waals surface area contributed by atoms with Crippen molar-refractivity contribution in [1.29, 1.82) is 0 Å². The van der Waals surface area contributed by atoms with E-state index in [0.717, 1.165) is 29.7 Å². The summed E-state index contributed by atoms with van der Waals surface area (Å²) in [4.78, 5) is 124. The summed E-state index contributed by atoms with van der Waals surface area (Å²) in [7, 11) is 0. The fourth-order valence-electron chi connectivity index (χ4n) is 9.61. The number of unbranched alkanes of at least 4 members (excludes halogenated alkanes) is 1. The number of carboxylic acid groups (broad SMARTS) is 2. The van der Waals surface area contributed by atoms with Gasteiger partial charge < -0.3 is 64.1 Å². The number of carboxylic acids is 2. The maximum absolute atomic E-state index is 14.1. The summed E-state index contributed by atoms with van der Waals surface area (Å²) in [6.07, 6.45) is 5.59. The number of pyridine rings is 1. The Morgan fingerprint density at radius 3 is 1.79 bits per heavy atom. The predicted octanol–water partition coefficient (Wildman–Crippen LogP) is -0.215. The van der Waals surface area contributed by atoms with Gasteiger partial charge in [-0.25, -0.2) is 19.4 Å². The largest absolute Gasteiger partial charge is 0.480 e. The summed E-state index contributed by atoms with van der Waals surface area (Å²) in [6, 6.07) is 7.33. The minimum atomic E-state index is -1.37. The second kappa shape index (κ2) is 33.1. The zero-order valence-corrected chi connectivity index (χ0v) is 46.6. The Kier molecular flexibility index (Phi) is 27.2. The number of benzene rings is 1. The van der Waals surface area contributed by atoms with E-state index in [1.54, 1.807) is 17.2 Å². The molecule has 2 fully saturated rings. The molecule has 0 spiro atoms. The molecule has 1 unspecified atom stereocenters. The van der Waals surface area contributed by atoms with E-state index >= 15 is 0 Å². The molecule has 1 aliphatic heterocycles. The number of amides is 7. The van der Waals surface area contributed by atoms with Crippen LogP contribution < -0.4 is 44.2 Å². The van der Waals surface area contributed by atoms with Crippen LogP contribution in [0.3, 0.4) is 0 Å². The number of hydrogen-bond donors (Lipinski definition) is 10. The van der Waals surface area contributed by atoms with Crippen LogP contribution in [0.5, 0.6) is 0 Å². The van der Waals surface area contributed by atoms with Gasteiger partial charge in [-0.3, -0.25) is 43.6 Å². The van der Waals surface area contributed by atoms with E-state index in [1.807, 2.05) is 49.9 Å². The van der Waals surface area contributed by atoms with E-state index in [2.05, 4.69) is 42.2 Å². The molecule has 78 heavy (non-hydrogen) atoms. The zero-order valence-electron chi connectivity index (χ0n) is 44.2. The highest BCUT2D eigenvalue weighted by Crippen LogP contribution is 2.31. The van der Waals surface area contributed by atoms with Crippen molar-refractivity contribution in [2.75, 3.05) is 90.4 Å². The number of nitrogens with two attached hydrogens (primary N) is 4. The molecule has 430 valence electrons. The molecule has 2 aliphatic rings. The maximum atomic E-state index is 14.1. The Labute approximate surface area is 468 Å². The molecule has 27 heteroatoms. The van der Waals surface area contributed by atoms with Gasteiger partial charge in [-0.15, -0.1) is 0 Å². The monoisotopic (exact) mass is 1170 g/mol. The number of aliphatic carboxylic acids is 2. The lowest BCUT2D eigenvalue weighted by Gasteiger charge is -2.38. The molecule has 14 N–H and O–H groups in total. The van der Waals surface area contributed by atoms with Crippen molar-refractivity contribution in [2.24, 2.45) is 34.8 Å². The lowest BCUT2D eigenvalue weighted by Crippen LogP contribution is -2.54. The van der Waals surface area contributed by atoms with Gasteiger partial charge in [0.25, 0.3) is 0 Å². The van der Waals surface area contributed by atoms with Gasteiger partial charge in [0.2, 0.25) is 29.5 Å². The Morgan fingerprint density at radius 2 is 1.26 bits per heavy atom. The van der Waals surface area contributed by atoms with Crippen molar-refractivity contribution in [3.05, 3.63) is 58.3 Å². The second-order valence-corrected chi connectivity index (χ2v) is 21.3. The number of carbonyl (C=O) groups excluding carboxylic acids is 7. The first-order valence-corrected chi connectivity index (χ1v) is 27.3. The molecule has 0 bridgehead atoms. The normalized spacial score (nSPS) is 18.9. The number of rotatable bonds is 28. The lowest BCUT2D eigenvalue weighted by atomic mass is 9.81. The summed E-state index contributed by atoms with van der Waals surface area (Å²) in [5.74, 6) is -5.01. The summed E-state index contributed by atoms with van der Waals surface area (Å²) in [6.45, 7) is 4.89. The summed E-state index contributed by atoms with van der Waals surface area (Å²) in [5.41, 5.74) is 25.1. The molecular weight excluding hydrogens is 1100 g/mol. The number of primary amides is 4. The molecule has 1 aromatic heterocycles. The Hall–Kier alpha value is -6.39. The third kappa shape index (κ3) is 24.5. The molecule has 0 radical (unpaired) electrons. The number of ketones is 1. The predicted molar refractivity (Wildman–Crippen MR) is 297 cm³/mol. The van der Waals surface area contributed by atoms with Gasteiger partial charge in [0.05, 0.1) is 26.2 Å². The van der Waals surface area contributed by atoms with Crippen LogP contribution in [0.15, 0.2) is 47.2 Å². The fourth-order valence-corrected chi connectivity index (χ4v) is 10.0. The van der Waals surface area contributed by atoms with Crippen LogP contribution in [-0.2, 0) is 51.3 Å². The van der Waals surface area contributed by atoms with Gasteiger partial charge in [-0.2, -0.15) is 0 Å². The minimum absolute atomic E-state index is 0.0160. The number of halogens is 1. The molecule has 1 aliphatic carbocycles. The third-order valence-corrected chi connectivity index (χ3v) is 14.4. The molecule has 4 rings (SSSR count). The second-order valence-electron chi connectivity index (χ2n) is 20.1. The first kappa shape index (κ1) is 64.1. The van der Waals surface area contributed by atoms with E-state index < -0.39 is 53.7 Å². The SMILES string of the molecule is CC(=O)CC[C@@H](NC(=O)N[C@H](CCCCN(Cc1ccc(Br)nc1)C(=O)C1CCC(CNC(=S)Nc2ccc(CC3CN(CC(N)=O)CCN(CC(N)=O)CCN(CC(N)=O)CCN3CC(N)=O)cc2)CC1)C(=O)O)C(=O)O. The Morgan fingerprint density at radius 1 is 0.718 bits per heavy atom. The van der Waals surface area contributed by atoms with E-state index in [9.17, 15) is 53.4 Å². The van der Waals surface area contributed by atoms with Gasteiger partial charge >= 0.3 is 18.0 Å². The molecule has 1 aromatic carbocycles. The number of thiocarbonyl (C=S) groups is 1. The molecule has 1 saturated carbocycles. The Balaban J connectivity index is 1.33. The molecule has 3 atom stereocenters. The highest BCUT2D eigenvalue weighted by molar-refractivity contribution is 9.10. The van der Waals surface area contributed by atoms with Crippen LogP contribution in [0, 0.1) is 11.8 Å². The summed E-state index contributed by atoms with van der Waals surface area (Å²) >= 11 is 9.04. The van der Waals surface area contributed by atoms with E-state index in [1.165, 1.54) is 6.92 Å². The molecule has 2 heterocycles. The number of aromatic nitrogens is 1. The minimum Gasteiger partial charge on any atom is -0.480 e. The van der Waals surface area contributed by atoms with Gasteiger partial charge in [0.15, 0.2) is 5.11 Å². The van der Waals surface area contributed by atoms with E-state index in [0.29, 0.717) is 107 Å². The van der Waals surface area contributed by atoms with Crippen molar-refractivity contribution in [2.45, 2.75) is 95.8 Å². The fraction of sp³-hybridized carbons (Fsp3) is 0.588. The van der Waals surface area contributed by atoms with Crippen LogP contribution in [0.25, 0.3) is 0 Å². The smallest absolute Gasteiger partial charge is 0.326 e. The van der Waals surface area contributed by atoms with Gasteiger partial charge in [0.1, 0.15) is 22.5 Å². The number of carbonyl (C=O) groups is 9. The van der Waals surface area contributed by atoms with Crippen LogP contribution in [0.2, 0.25) is 0 Å². The zero-order chi connectivity index (χ0) is 57.3. The van der Waals surface area contributed by atoms with Crippen molar-refractivity contribution in [3.8, 4) is 0 Å². The van der Waals surface area contributed by atoms with Crippen LogP contribution >= 0.6 is 28.1 Å². The summed E-state index contributed by atoms with van der Waals surface area (Å²) < 4.78 is 0.645. The third-order valence-electron chi connectivity index (χ3n) is 13.7. The van der Waals surface area contributed by atoms with Crippen molar-refractivity contribution in [1.82, 2.24) is 45.4 Å². The van der Waals surface area contributed by atoms with E-state index in [4.69, 9.17) is 35.2 Å². The topological polar surface area (TPSA) is 375 Å². The number of hydrogen-bond acceptors (Lipinski definition) is 15. The van der Waals surface area contributed by atoms with Gasteiger partial charge in [0, 0.05) is 95.7 Å². The maximum Gasteiger partial charge on any atom is 0.326 e. The molecular formula is C51H77BrN14O11S. The highest BCUT2D eigenvalue weighted by Gasteiger charge is 2.31. The van der Waals surface area contributed by atoms with Crippen LogP contribution in [-0.4, -0.2) is 201 Å². The number of nitrogens with zero attached hydrogens (tertiary/aromatic N) is 6. The number of urea groups is 1. The van der Waals surface area contributed by atoms with Crippen molar-refractivity contribution >= 4 is 92.2 Å². The Bertz CT molecular complexity index is 2360. The average molecular weight is 1170 g/mol. The van der Waals surface area contributed by atoms with Crippen molar-refractivity contribution < 1.29 is 53.4 Å². The first-order chi connectivity index (χ1) is 37.0. The molecule has 25 nitrogen and oxygen atoms in total. The highest BCUT2D eigenvalue weighted by atomic mass is 79.9. The number of anilines is 1. The molecule has 2 aromatic rings.